The number of alkyl halides is 6. The van der Waals surface area contributed by atoms with Crippen LogP contribution >= 0.6 is 11.6 Å². The van der Waals surface area contributed by atoms with Crippen LogP contribution < -0.4 is 0 Å². The monoisotopic (exact) mass is 248 g/mol. The second kappa shape index (κ2) is 3.55. The van der Waals surface area contributed by atoms with E-state index in [1.807, 2.05) is 0 Å². The van der Waals surface area contributed by atoms with E-state index >= 15 is 0 Å². The lowest BCUT2D eigenvalue weighted by molar-refractivity contribution is -0.143. The highest BCUT2D eigenvalue weighted by molar-refractivity contribution is 6.30. The molecule has 0 aromatic carbocycles. The molecule has 1 radical (unpaired) electrons. The Labute approximate surface area is 84.7 Å². The van der Waals surface area contributed by atoms with Crippen molar-refractivity contribution in [2.75, 3.05) is 0 Å². The third-order valence-electron chi connectivity index (χ3n) is 1.40. The molecule has 0 bridgehead atoms. The molecular formula is C7HClF6N. The minimum Gasteiger partial charge on any atom is -0.233 e. The van der Waals surface area contributed by atoms with E-state index in [1.165, 1.54) is 6.20 Å². The predicted octanol–water partition coefficient (Wildman–Crippen LogP) is 3.57. The fourth-order valence-electron chi connectivity index (χ4n) is 0.750. The molecule has 0 unspecified atom stereocenters. The highest BCUT2D eigenvalue weighted by Gasteiger charge is 2.38. The lowest BCUT2D eigenvalue weighted by Gasteiger charge is -2.11. The number of pyridine rings is 1. The highest BCUT2D eigenvalue weighted by atomic mass is 35.5. The first kappa shape index (κ1) is 12.1. The molecule has 0 fully saturated rings. The van der Waals surface area contributed by atoms with Gasteiger partial charge in [-0.25, -0.2) is 4.98 Å². The van der Waals surface area contributed by atoms with Gasteiger partial charge < -0.3 is 0 Å². The van der Waals surface area contributed by atoms with E-state index in [1.54, 1.807) is 0 Å². The molecule has 1 heterocycles. The van der Waals surface area contributed by atoms with Crippen LogP contribution in [0.3, 0.4) is 0 Å². The Hall–Kier alpha value is -0.980. The molecule has 1 aromatic heterocycles. The molecule has 0 saturated carbocycles. The van der Waals surface area contributed by atoms with Crippen LogP contribution in [0.1, 0.15) is 11.1 Å². The Morgan fingerprint density at radius 1 is 1.07 bits per heavy atom. The van der Waals surface area contributed by atoms with Crippen LogP contribution in [0.2, 0.25) is 5.15 Å². The molecule has 0 amide bonds. The lowest BCUT2D eigenvalue weighted by atomic mass is 10.2. The normalized spacial score (nSPS) is 13.0. The number of nitrogens with zero attached hydrogens (tertiary/aromatic N) is 1. The van der Waals surface area contributed by atoms with Gasteiger partial charge in [-0.1, -0.05) is 11.6 Å². The molecule has 0 aliphatic heterocycles. The molecule has 0 saturated heterocycles. The van der Waals surface area contributed by atoms with Crippen LogP contribution in [0.5, 0.6) is 0 Å². The maximum atomic E-state index is 12.1. The van der Waals surface area contributed by atoms with Crippen molar-refractivity contribution in [1.29, 1.82) is 0 Å². The van der Waals surface area contributed by atoms with E-state index < -0.39 is 28.6 Å². The summed E-state index contributed by atoms with van der Waals surface area (Å²) in [5.74, 6) is 0. The van der Waals surface area contributed by atoms with E-state index in [0.717, 1.165) is 0 Å². The number of aromatic nitrogens is 1. The molecule has 0 spiro atoms. The second-order valence-electron chi connectivity index (χ2n) is 2.48. The minimum absolute atomic E-state index is 0.130. The molecule has 0 aliphatic carbocycles. The summed E-state index contributed by atoms with van der Waals surface area (Å²) in [5, 5.41) is -1.06. The fourth-order valence-corrected chi connectivity index (χ4v) is 0.954. The first-order valence-electron chi connectivity index (χ1n) is 3.35. The Balaban J connectivity index is 3.30. The van der Waals surface area contributed by atoms with Crippen molar-refractivity contribution in [2.24, 2.45) is 0 Å². The third kappa shape index (κ3) is 2.74. The predicted molar refractivity (Wildman–Crippen MR) is 38.1 cm³/mol. The van der Waals surface area contributed by atoms with Crippen molar-refractivity contribution in [3.05, 3.63) is 28.5 Å². The van der Waals surface area contributed by atoms with E-state index in [9.17, 15) is 26.3 Å². The Kier molecular flexibility index (Phi) is 2.86. The third-order valence-corrected chi connectivity index (χ3v) is 1.68. The molecule has 0 atom stereocenters. The first-order valence-corrected chi connectivity index (χ1v) is 3.73. The lowest BCUT2D eigenvalue weighted by Crippen LogP contribution is -2.12. The van der Waals surface area contributed by atoms with E-state index in [0.29, 0.717) is 0 Å². The largest absolute Gasteiger partial charge is 0.419 e. The summed E-state index contributed by atoms with van der Waals surface area (Å²) in [6, 6.07) is -0.130. The van der Waals surface area contributed by atoms with Crippen LogP contribution in [-0.2, 0) is 12.4 Å². The number of hydrogen-bond acceptors (Lipinski definition) is 1. The van der Waals surface area contributed by atoms with Gasteiger partial charge in [0.15, 0.2) is 0 Å². The molecule has 1 rings (SSSR count). The van der Waals surface area contributed by atoms with E-state index in [4.69, 9.17) is 11.6 Å². The van der Waals surface area contributed by atoms with Gasteiger partial charge in [-0.3, -0.25) is 0 Å². The van der Waals surface area contributed by atoms with E-state index in [-0.39, 0.29) is 6.07 Å². The van der Waals surface area contributed by atoms with Crippen LogP contribution in [-0.4, -0.2) is 4.98 Å². The summed E-state index contributed by atoms with van der Waals surface area (Å²) < 4.78 is 72.4. The number of rotatable bonds is 0. The van der Waals surface area contributed by atoms with Gasteiger partial charge in [-0.05, 0) is 6.07 Å². The van der Waals surface area contributed by atoms with Gasteiger partial charge in [0.1, 0.15) is 11.3 Å². The number of halogens is 7. The zero-order valence-corrected chi connectivity index (χ0v) is 7.43. The first-order chi connectivity index (χ1) is 6.62. The van der Waals surface area contributed by atoms with Crippen molar-refractivity contribution in [1.82, 2.24) is 4.98 Å². The zero-order chi connectivity index (χ0) is 11.9. The van der Waals surface area contributed by atoms with Crippen molar-refractivity contribution in [3.8, 4) is 0 Å². The molecule has 0 aliphatic rings. The smallest absolute Gasteiger partial charge is 0.233 e. The topological polar surface area (TPSA) is 12.9 Å². The van der Waals surface area contributed by atoms with Gasteiger partial charge in [-0.2, -0.15) is 26.3 Å². The SMILES string of the molecule is FC(F)(F)c1[c]nc(Cl)c(C(F)(F)F)c1. The van der Waals surface area contributed by atoms with Gasteiger partial charge >= 0.3 is 12.4 Å². The highest BCUT2D eigenvalue weighted by Crippen LogP contribution is 2.37. The van der Waals surface area contributed by atoms with Crippen LogP contribution in [0.15, 0.2) is 6.07 Å². The van der Waals surface area contributed by atoms with Crippen molar-refractivity contribution >= 4 is 11.6 Å². The summed E-state index contributed by atoms with van der Waals surface area (Å²) in [4.78, 5) is 2.71. The van der Waals surface area contributed by atoms with Crippen molar-refractivity contribution < 1.29 is 26.3 Å². The van der Waals surface area contributed by atoms with Crippen molar-refractivity contribution in [2.45, 2.75) is 12.4 Å². The minimum atomic E-state index is -4.97. The Bertz CT molecular complexity index is 369. The zero-order valence-electron chi connectivity index (χ0n) is 6.67. The van der Waals surface area contributed by atoms with Crippen LogP contribution in [0.4, 0.5) is 26.3 Å². The van der Waals surface area contributed by atoms with Gasteiger partial charge in [0.05, 0.1) is 11.1 Å². The molecule has 8 heteroatoms. The van der Waals surface area contributed by atoms with Crippen LogP contribution in [0.25, 0.3) is 0 Å². The average molecular weight is 249 g/mol. The molecule has 1 aromatic rings. The molecule has 0 N–H and O–H groups in total. The molecule has 1 nitrogen and oxygen atoms in total. The quantitative estimate of drug-likeness (QED) is 0.505. The Morgan fingerprint density at radius 2 is 1.60 bits per heavy atom. The van der Waals surface area contributed by atoms with Gasteiger partial charge in [-0.15, -0.1) is 0 Å². The maximum Gasteiger partial charge on any atom is 0.419 e. The summed E-state index contributed by atoms with van der Waals surface area (Å²) >= 11 is 5.00. The molecule has 15 heavy (non-hydrogen) atoms. The molecular weight excluding hydrogens is 248 g/mol. The standard InChI is InChI=1S/C7HClF6N/c8-5-4(7(12,13)14)1-3(2-15-5)6(9,10)11/h1H. The summed E-state index contributed by atoms with van der Waals surface area (Å²) in [6.45, 7) is 0. The van der Waals surface area contributed by atoms with Gasteiger partial charge in [0.25, 0.3) is 0 Å². The summed E-state index contributed by atoms with van der Waals surface area (Å²) in [5.41, 5.74) is -3.24. The average Bonchev–Trinajstić information content (AvgIpc) is 2.00. The molecule has 83 valence electrons. The fraction of sp³-hybridized carbons (Fsp3) is 0.286. The second-order valence-corrected chi connectivity index (χ2v) is 2.84. The van der Waals surface area contributed by atoms with Crippen LogP contribution in [0, 0.1) is 6.20 Å². The number of hydrogen-bond donors (Lipinski definition) is 0. The summed E-state index contributed by atoms with van der Waals surface area (Å²) in [6.07, 6.45) is -8.52. The van der Waals surface area contributed by atoms with Gasteiger partial charge in [0, 0.05) is 0 Å². The van der Waals surface area contributed by atoms with E-state index in [2.05, 4.69) is 4.98 Å². The van der Waals surface area contributed by atoms with Crippen molar-refractivity contribution in [3.63, 3.8) is 0 Å². The maximum absolute atomic E-state index is 12.1. The Morgan fingerprint density at radius 3 is 2.00 bits per heavy atom. The van der Waals surface area contributed by atoms with Gasteiger partial charge in [0.2, 0.25) is 0 Å². The summed E-state index contributed by atoms with van der Waals surface area (Å²) in [7, 11) is 0.